The molecular formula is C14H16N2O3S. The third kappa shape index (κ3) is 3.63. The zero-order valence-electron chi connectivity index (χ0n) is 10.8. The van der Waals surface area contributed by atoms with Gasteiger partial charge in [-0.2, -0.15) is 0 Å². The summed E-state index contributed by atoms with van der Waals surface area (Å²) >= 11 is 4.89. The summed E-state index contributed by atoms with van der Waals surface area (Å²) in [5.74, 6) is -0.210. The summed E-state index contributed by atoms with van der Waals surface area (Å²) in [5.41, 5.74) is 1.30. The fourth-order valence-electron chi connectivity index (χ4n) is 2.00. The van der Waals surface area contributed by atoms with Gasteiger partial charge in [-0.25, -0.2) is 0 Å². The van der Waals surface area contributed by atoms with Crippen LogP contribution in [0.25, 0.3) is 0 Å². The lowest BCUT2D eigenvalue weighted by Gasteiger charge is -2.16. The first-order chi connectivity index (χ1) is 9.72. The van der Waals surface area contributed by atoms with Crippen LogP contribution < -0.4 is 5.56 Å². The van der Waals surface area contributed by atoms with Crippen LogP contribution in [0.4, 0.5) is 0 Å². The van der Waals surface area contributed by atoms with Gasteiger partial charge in [0.15, 0.2) is 4.77 Å². The minimum atomic E-state index is -0.227. The molecule has 6 heteroatoms. The van der Waals surface area contributed by atoms with Crippen LogP contribution in [0.15, 0.2) is 41.3 Å². The highest BCUT2D eigenvalue weighted by Gasteiger charge is 2.17. The number of benzene rings is 1. The molecule has 0 saturated heterocycles. The van der Waals surface area contributed by atoms with Gasteiger partial charge in [-0.15, -0.1) is 0 Å². The molecule has 0 bridgehead atoms. The molecule has 0 saturated carbocycles. The van der Waals surface area contributed by atoms with Gasteiger partial charge in [0.25, 0.3) is 5.56 Å². The van der Waals surface area contributed by atoms with E-state index in [9.17, 15) is 4.79 Å². The Morgan fingerprint density at radius 2 is 2.05 bits per heavy atom. The molecule has 0 aliphatic carbocycles. The monoisotopic (exact) mass is 292 g/mol. The average molecular weight is 292 g/mol. The molecule has 0 fully saturated rings. The van der Waals surface area contributed by atoms with E-state index >= 15 is 0 Å². The van der Waals surface area contributed by atoms with Crippen LogP contribution in [-0.2, 0) is 4.74 Å². The minimum Gasteiger partial charge on any atom is -0.394 e. The van der Waals surface area contributed by atoms with Gasteiger partial charge >= 0.3 is 0 Å². The average Bonchev–Trinajstić information content (AvgIpc) is 2.46. The van der Waals surface area contributed by atoms with Crippen molar-refractivity contribution in [2.45, 2.75) is 5.92 Å². The van der Waals surface area contributed by atoms with Crippen molar-refractivity contribution in [3.63, 3.8) is 0 Å². The molecule has 3 N–H and O–H groups in total. The maximum absolute atomic E-state index is 12.0. The quantitative estimate of drug-likeness (QED) is 0.558. The Balaban J connectivity index is 2.35. The first-order valence-corrected chi connectivity index (χ1v) is 6.68. The predicted octanol–water partition coefficient (Wildman–Crippen LogP) is 1.57. The largest absolute Gasteiger partial charge is 0.394 e. The van der Waals surface area contributed by atoms with E-state index in [0.717, 1.165) is 5.56 Å². The molecule has 5 nitrogen and oxygen atoms in total. The molecule has 0 amide bonds. The number of aromatic amines is 2. The van der Waals surface area contributed by atoms with Crippen molar-refractivity contribution in [3.8, 4) is 0 Å². The molecule has 1 unspecified atom stereocenters. The first-order valence-electron chi connectivity index (χ1n) is 6.28. The highest BCUT2D eigenvalue weighted by molar-refractivity contribution is 7.71. The summed E-state index contributed by atoms with van der Waals surface area (Å²) in [7, 11) is 0. The molecule has 1 atom stereocenters. The van der Waals surface area contributed by atoms with Crippen LogP contribution in [-0.4, -0.2) is 34.9 Å². The summed E-state index contributed by atoms with van der Waals surface area (Å²) in [6, 6.07) is 9.61. The lowest BCUT2D eigenvalue weighted by Crippen LogP contribution is -2.21. The Morgan fingerprint density at radius 3 is 2.70 bits per heavy atom. The highest BCUT2D eigenvalue weighted by Crippen LogP contribution is 2.21. The van der Waals surface area contributed by atoms with E-state index < -0.39 is 0 Å². The number of hydrogen-bond acceptors (Lipinski definition) is 4. The smallest absolute Gasteiger partial charge is 0.255 e. The Morgan fingerprint density at radius 1 is 1.30 bits per heavy atom. The SMILES string of the molecule is O=c1[nH]c(=S)[nH]cc1C(COCCO)c1ccccc1. The normalized spacial score (nSPS) is 12.2. The standard InChI is InChI=1S/C14H16N2O3S/c17-6-7-19-9-12(10-4-2-1-3-5-10)11-8-15-14(20)16-13(11)18/h1-5,8,12,17H,6-7,9H2,(H2,15,16,18,20). The third-order valence-electron chi connectivity index (χ3n) is 2.95. The number of aromatic nitrogens is 2. The van der Waals surface area contributed by atoms with Crippen molar-refractivity contribution >= 4 is 12.2 Å². The van der Waals surface area contributed by atoms with Gasteiger partial charge in [0.2, 0.25) is 0 Å². The molecule has 1 heterocycles. The Labute approximate surface area is 121 Å². The number of ether oxygens (including phenoxy) is 1. The van der Waals surface area contributed by atoms with E-state index in [1.54, 1.807) is 6.20 Å². The molecule has 2 aromatic rings. The topological polar surface area (TPSA) is 78.1 Å². The summed E-state index contributed by atoms with van der Waals surface area (Å²) in [6.07, 6.45) is 1.61. The summed E-state index contributed by atoms with van der Waals surface area (Å²) in [4.78, 5) is 17.5. The van der Waals surface area contributed by atoms with E-state index in [1.807, 2.05) is 30.3 Å². The number of nitrogens with one attached hydrogen (secondary N) is 2. The van der Waals surface area contributed by atoms with E-state index in [0.29, 0.717) is 16.9 Å². The van der Waals surface area contributed by atoms with Crippen LogP contribution in [0.2, 0.25) is 0 Å². The predicted molar refractivity (Wildman–Crippen MR) is 78.4 cm³/mol. The van der Waals surface area contributed by atoms with Gasteiger partial charge in [0.1, 0.15) is 0 Å². The Bertz CT molecular complexity index is 651. The Kier molecular flexibility index (Phi) is 5.23. The van der Waals surface area contributed by atoms with Gasteiger partial charge in [-0.05, 0) is 17.8 Å². The van der Waals surface area contributed by atoms with E-state index in [2.05, 4.69) is 9.97 Å². The van der Waals surface area contributed by atoms with E-state index in [-0.39, 0.29) is 24.7 Å². The highest BCUT2D eigenvalue weighted by atomic mass is 32.1. The van der Waals surface area contributed by atoms with Gasteiger partial charge in [-0.1, -0.05) is 30.3 Å². The van der Waals surface area contributed by atoms with Crippen molar-refractivity contribution in [2.75, 3.05) is 19.8 Å². The second-order valence-electron chi connectivity index (χ2n) is 4.29. The maximum atomic E-state index is 12.0. The van der Waals surface area contributed by atoms with Crippen molar-refractivity contribution in [2.24, 2.45) is 0 Å². The van der Waals surface area contributed by atoms with Crippen molar-refractivity contribution in [1.29, 1.82) is 0 Å². The number of hydrogen-bond donors (Lipinski definition) is 3. The van der Waals surface area contributed by atoms with Gasteiger partial charge in [-0.3, -0.25) is 9.78 Å². The number of H-pyrrole nitrogens is 2. The van der Waals surface area contributed by atoms with Gasteiger partial charge in [0.05, 0.1) is 19.8 Å². The molecule has 2 rings (SSSR count). The van der Waals surface area contributed by atoms with Crippen LogP contribution in [0.1, 0.15) is 17.0 Å². The molecule has 106 valence electrons. The molecule has 1 aromatic heterocycles. The molecule has 1 aromatic carbocycles. The molecule has 20 heavy (non-hydrogen) atoms. The van der Waals surface area contributed by atoms with Crippen LogP contribution >= 0.6 is 12.2 Å². The summed E-state index contributed by atoms with van der Waals surface area (Å²) < 4.78 is 5.69. The summed E-state index contributed by atoms with van der Waals surface area (Å²) in [6.45, 7) is 0.511. The zero-order chi connectivity index (χ0) is 14.4. The minimum absolute atomic E-state index is 0.0465. The van der Waals surface area contributed by atoms with E-state index in [1.165, 1.54) is 0 Å². The van der Waals surface area contributed by atoms with Gasteiger partial charge in [0, 0.05) is 17.7 Å². The number of aliphatic hydroxyl groups is 1. The van der Waals surface area contributed by atoms with Crippen molar-refractivity contribution in [1.82, 2.24) is 9.97 Å². The zero-order valence-corrected chi connectivity index (χ0v) is 11.7. The third-order valence-corrected chi connectivity index (χ3v) is 3.17. The van der Waals surface area contributed by atoms with Crippen molar-refractivity contribution < 1.29 is 9.84 Å². The second-order valence-corrected chi connectivity index (χ2v) is 4.70. The first kappa shape index (κ1) is 14.6. The number of aliphatic hydroxyl groups excluding tert-OH is 1. The fourth-order valence-corrected chi connectivity index (χ4v) is 2.15. The second kappa shape index (κ2) is 7.14. The van der Waals surface area contributed by atoms with Crippen LogP contribution in [0, 0.1) is 4.77 Å². The molecule has 0 spiro atoms. The lowest BCUT2D eigenvalue weighted by atomic mass is 9.94. The fraction of sp³-hybridized carbons (Fsp3) is 0.286. The van der Waals surface area contributed by atoms with Gasteiger partial charge < -0.3 is 14.8 Å². The van der Waals surface area contributed by atoms with Crippen molar-refractivity contribution in [3.05, 3.63) is 62.8 Å². The van der Waals surface area contributed by atoms with Crippen LogP contribution in [0.3, 0.4) is 0 Å². The number of rotatable bonds is 6. The summed E-state index contributed by atoms with van der Waals surface area (Å²) in [5, 5.41) is 8.80. The molecule has 0 aliphatic rings. The molecule has 0 aliphatic heterocycles. The lowest BCUT2D eigenvalue weighted by molar-refractivity contribution is 0.0874. The Hall–Kier alpha value is -1.76. The maximum Gasteiger partial charge on any atom is 0.255 e. The van der Waals surface area contributed by atoms with Crippen LogP contribution in [0.5, 0.6) is 0 Å². The molecular weight excluding hydrogens is 276 g/mol. The molecule has 0 radical (unpaired) electrons. The van der Waals surface area contributed by atoms with E-state index in [4.69, 9.17) is 22.1 Å².